The summed E-state index contributed by atoms with van der Waals surface area (Å²) in [5.41, 5.74) is 2.92. The van der Waals surface area contributed by atoms with Crippen LogP contribution in [-0.2, 0) is 16.0 Å². The SMILES string of the molecule is CN1CCN(C2CCN(C(=O)C(Cc3ccc(Cl)c(Cl)c3)OC(=O)N3CCC(n4c(=O)[nH]c5c6ccccc6ncc54)CC3)CC2)CC1. The fraction of sp³-hybridized carbons (Fsp3) is 0.486. The van der Waals surface area contributed by atoms with Crippen LogP contribution in [0.3, 0.4) is 0 Å². The smallest absolute Gasteiger partial charge is 0.410 e. The number of aromatic nitrogens is 3. The molecule has 7 rings (SSSR count). The predicted octanol–water partition coefficient (Wildman–Crippen LogP) is 4.81. The number of nitrogens with one attached hydrogen (secondary N) is 1. The van der Waals surface area contributed by atoms with Crippen molar-refractivity contribution in [1.82, 2.24) is 34.1 Å². The van der Waals surface area contributed by atoms with Crippen molar-refractivity contribution in [2.24, 2.45) is 0 Å². The molecule has 0 radical (unpaired) electrons. The molecule has 254 valence electrons. The summed E-state index contributed by atoms with van der Waals surface area (Å²) in [4.78, 5) is 56.6. The number of aromatic amines is 1. The second-order valence-electron chi connectivity index (χ2n) is 13.3. The number of hydrogen-bond donors (Lipinski definition) is 1. The molecule has 4 aromatic rings. The van der Waals surface area contributed by atoms with Gasteiger partial charge >= 0.3 is 11.8 Å². The number of fused-ring (bicyclic) bond motifs is 3. The summed E-state index contributed by atoms with van der Waals surface area (Å²) in [6, 6.07) is 13.3. The number of pyridine rings is 1. The minimum absolute atomic E-state index is 0.103. The number of rotatable bonds is 6. The van der Waals surface area contributed by atoms with Crippen LogP contribution >= 0.6 is 23.2 Å². The van der Waals surface area contributed by atoms with Gasteiger partial charge in [-0.05, 0) is 56.5 Å². The van der Waals surface area contributed by atoms with Gasteiger partial charge in [-0.1, -0.05) is 47.5 Å². The molecule has 13 heteroatoms. The van der Waals surface area contributed by atoms with Crippen LogP contribution in [0.4, 0.5) is 4.79 Å². The minimum Gasteiger partial charge on any atom is -0.436 e. The summed E-state index contributed by atoms with van der Waals surface area (Å²) in [5.74, 6) is -0.189. The Morgan fingerprint density at radius 3 is 2.31 bits per heavy atom. The molecule has 3 fully saturated rings. The van der Waals surface area contributed by atoms with E-state index in [0.29, 0.717) is 55.1 Å². The van der Waals surface area contributed by atoms with Gasteiger partial charge in [0.05, 0.1) is 32.8 Å². The number of piperazine rings is 1. The Morgan fingerprint density at radius 2 is 1.58 bits per heavy atom. The molecular weight excluding hydrogens is 653 g/mol. The van der Waals surface area contributed by atoms with E-state index in [1.165, 1.54) is 0 Å². The number of halogens is 2. The number of carbonyl (C=O) groups excluding carboxylic acids is 2. The Morgan fingerprint density at radius 1 is 0.896 bits per heavy atom. The molecule has 2 aromatic heterocycles. The van der Waals surface area contributed by atoms with Gasteiger partial charge in [-0.3, -0.25) is 19.2 Å². The van der Waals surface area contributed by atoms with E-state index < -0.39 is 12.2 Å². The number of carbonyl (C=O) groups is 2. The van der Waals surface area contributed by atoms with Gasteiger partial charge < -0.3 is 24.4 Å². The maximum Gasteiger partial charge on any atom is 0.410 e. The number of ether oxygens (including phenoxy) is 1. The third-order valence-electron chi connectivity index (χ3n) is 10.3. The third-order valence-corrected chi connectivity index (χ3v) is 11.0. The molecule has 1 atom stereocenters. The molecule has 3 aliphatic heterocycles. The number of H-pyrrole nitrogens is 1. The summed E-state index contributed by atoms with van der Waals surface area (Å²) in [5, 5.41) is 1.71. The van der Waals surface area contributed by atoms with Crippen molar-refractivity contribution in [1.29, 1.82) is 0 Å². The van der Waals surface area contributed by atoms with Gasteiger partial charge in [0.25, 0.3) is 5.91 Å². The third kappa shape index (κ3) is 6.78. The van der Waals surface area contributed by atoms with Crippen LogP contribution in [0.25, 0.3) is 21.9 Å². The lowest BCUT2D eigenvalue weighted by molar-refractivity contribution is -0.142. The lowest BCUT2D eigenvalue weighted by atomic mass is 10.0. The van der Waals surface area contributed by atoms with Crippen LogP contribution in [-0.4, -0.2) is 118 Å². The Kier molecular flexibility index (Phi) is 9.64. The number of hydrogen-bond acceptors (Lipinski definition) is 7. The molecule has 2 aromatic carbocycles. The molecule has 48 heavy (non-hydrogen) atoms. The zero-order valence-electron chi connectivity index (χ0n) is 27.1. The Bertz CT molecular complexity index is 1850. The van der Waals surface area contributed by atoms with E-state index in [0.717, 1.165) is 66.5 Å². The summed E-state index contributed by atoms with van der Waals surface area (Å²) in [6.07, 6.45) is 3.34. The molecule has 11 nitrogen and oxygen atoms in total. The minimum atomic E-state index is -0.997. The normalized spacial score (nSPS) is 19.6. The average molecular weight is 695 g/mol. The van der Waals surface area contributed by atoms with Crippen LogP contribution < -0.4 is 5.69 Å². The highest BCUT2D eigenvalue weighted by atomic mass is 35.5. The van der Waals surface area contributed by atoms with Crippen molar-refractivity contribution < 1.29 is 14.3 Å². The van der Waals surface area contributed by atoms with Crippen LogP contribution in [0.5, 0.6) is 0 Å². The summed E-state index contributed by atoms with van der Waals surface area (Å²) < 4.78 is 7.78. The maximum atomic E-state index is 14.0. The molecule has 3 aliphatic rings. The van der Waals surface area contributed by atoms with E-state index in [1.54, 1.807) is 27.8 Å². The monoisotopic (exact) mass is 693 g/mol. The molecule has 3 saturated heterocycles. The van der Waals surface area contributed by atoms with Gasteiger partial charge in [0.1, 0.15) is 0 Å². The number of likely N-dealkylation sites (tertiary alicyclic amines) is 2. The summed E-state index contributed by atoms with van der Waals surface area (Å²) in [6.45, 7) is 6.26. The number of likely N-dealkylation sites (N-methyl/N-ethyl adjacent to an activating group) is 1. The highest BCUT2D eigenvalue weighted by molar-refractivity contribution is 6.42. The van der Waals surface area contributed by atoms with E-state index >= 15 is 0 Å². The fourth-order valence-electron chi connectivity index (χ4n) is 7.49. The molecule has 0 spiro atoms. The van der Waals surface area contributed by atoms with Crippen molar-refractivity contribution in [3.05, 3.63) is 74.8 Å². The largest absolute Gasteiger partial charge is 0.436 e. The zero-order chi connectivity index (χ0) is 33.4. The molecule has 5 heterocycles. The predicted molar refractivity (Wildman–Crippen MR) is 187 cm³/mol. The van der Waals surface area contributed by atoms with Crippen LogP contribution in [0.2, 0.25) is 10.0 Å². The van der Waals surface area contributed by atoms with Crippen molar-refractivity contribution in [2.75, 3.05) is 59.4 Å². The molecule has 1 N–H and O–H groups in total. The fourth-order valence-corrected chi connectivity index (χ4v) is 7.81. The molecule has 0 aliphatic carbocycles. The van der Waals surface area contributed by atoms with Crippen LogP contribution in [0.15, 0.2) is 53.5 Å². The van der Waals surface area contributed by atoms with Gasteiger partial charge in [-0.25, -0.2) is 9.59 Å². The number of amides is 2. The van der Waals surface area contributed by atoms with E-state index in [4.69, 9.17) is 27.9 Å². The highest BCUT2D eigenvalue weighted by Gasteiger charge is 2.35. The van der Waals surface area contributed by atoms with Crippen LogP contribution in [0.1, 0.15) is 37.3 Å². The van der Waals surface area contributed by atoms with E-state index in [9.17, 15) is 14.4 Å². The zero-order valence-corrected chi connectivity index (χ0v) is 28.6. The number of piperidine rings is 2. The van der Waals surface area contributed by atoms with Gasteiger partial charge in [0, 0.05) is 76.2 Å². The lowest BCUT2D eigenvalue weighted by Gasteiger charge is -2.42. The summed E-state index contributed by atoms with van der Waals surface area (Å²) >= 11 is 12.5. The maximum absolute atomic E-state index is 14.0. The number of benzene rings is 2. The second kappa shape index (κ2) is 14.1. The topological polar surface area (TPSA) is 107 Å². The lowest BCUT2D eigenvalue weighted by Crippen LogP contribution is -2.54. The van der Waals surface area contributed by atoms with Gasteiger partial charge in [0.2, 0.25) is 0 Å². The second-order valence-corrected chi connectivity index (χ2v) is 14.1. The molecule has 2 amide bonds. The molecule has 0 saturated carbocycles. The first-order valence-electron chi connectivity index (χ1n) is 16.8. The first-order chi connectivity index (χ1) is 23.2. The van der Waals surface area contributed by atoms with Crippen molar-refractivity contribution in [3.8, 4) is 0 Å². The van der Waals surface area contributed by atoms with E-state index in [-0.39, 0.29) is 24.1 Å². The van der Waals surface area contributed by atoms with Crippen LogP contribution in [0, 0.1) is 0 Å². The number of imidazole rings is 1. The van der Waals surface area contributed by atoms with Gasteiger partial charge in [-0.2, -0.15) is 0 Å². The Labute approximate surface area is 289 Å². The Balaban J connectivity index is 1.02. The molecule has 1 unspecified atom stereocenters. The summed E-state index contributed by atoms with van der Waals surface area (Å²) in [7, 11) is 2.15. The number of para-hydroxylation sites is 1. The van der Waals surface area contributed by atoms with Crippen molar-refractivity contribution in [3.63, 3.8) is 0 Å². The van der Waals surface area contributed by atoms with E-state index in [2.05, 4.69) is 26.8 Å². The molecule has 0 bridgehead atoms. The van der Waals surface area contributed by atoms with Gasteiger partial charge in [0.15, 0.2) is 6.10 Å². The molecular formula is C35H41Cl2N7O4. The van der Waals surface area contributed by atoms with E-state index in [1.807, 2.05) is 35.2 Å². The quantitative estimate of drug-likeness (QED) is 0.309. The van der Waals surface area contributed by atoms with Crippen molar-refractivity contribution in [2.45, 2.75) is 50.3 Å². The average Bonchev–Trinajstić information content (AvgIpc) is 3.46. The highest BCUT2D eigenvalue weighted by Crippen LogP contribution is 2.29. The first kappa shape index (κ1) is 32.9. The number of nitrogens with zero attached hydrogens (tertiary/aromatic N) is 6. The standard InChI is InChI=1S/C35H41Cl2N7O4/c1-40-16-18-41(19-17-40)24-8-12-42(13-9-24)33(45)31(21-23-6-7-27(36)28(37)20-23)48-35(47)43-14-10-25(11-15-43)44-30-22-38-29-5-3-2-4-26(29)32(30)39-34(44)46/h2-7,20,22,24-25,31H,8-19,21H2,1H3,(H,39,46). The van der Waals surface area contributed by atoms with Crippen molar-refractivity contribution >= 4 is 57.1 Å². The van der Waals surface area contributed by atoms with Gasteiger partial charge in [-0.15, -0.1) is 0 Å². The Hall–Kier alpha value is -3.64. The first-order valence-corrected chi connectivity index (χ1v) is 17.6.